The van der Waals surface area contributed by atoms with E-state index in [1.807, 2.05) is 0 Å². The summed E-state index contributed by atoms with van der Waals surface area (Å²) < 4.78 is 0. The monoisotopic (exact) mass is 300 g/mol. The van der Waals surface area contributed by atoms with Crippen LogP contribution < -0.4 is 0 Å². The van der Waals surface area contributed by atoms with Crippen molar-refractivity contribution < 1.29 is 0 Å². The van der Waals surface area contributed by atoms with Crippen LogP contribution in [0.1, 0.15) is 75.6 Å². The van der Waals surface area contributed by atoms with Crippen LogP contribution in [0.5, 0.6) is 0 Å². The Morgan fingerprint density at radius 1 is 0.727 bits per heavy atom. The number of piperidine rings is 2. The van der Waals surface area contributed by atoms with Crippen molar-refractivity contribution in [1.29, 1.82) is 0 Å². The fourth-order valence-corrected chi connectivity index (χ4v) is 4.06. The first-order valence-electron chi connectivity index (χ1n) is 9.33. The molecule has 2 heteroatoms. The minimum Gasteiger partial charge on any atom is -0.284 e. The van der Waals surface area contributed by atoms with Crippen LogP contribution in [0.4, 0.5) is 0 Å². The summed E-state index contributed by atoms with van der Waals surface area (Å²) in [6.07, 6.45) is 8.81. The minimum atomic E-state index is 0.513. The van der Waals surface area contributed by atoms with Gasteiger partial charge >= 0.3 is 0 Å². The largest absolute Gasteiger partial charge is 0.284 e. The van der Waals surface area contributed by atoms with Gasteiger partial charge in [-0.05, 0) is 68.9 Å². The van der Waals surface area contributed by atoms with E-state index in [0.29, 0.717) is 12.1 Å². The van der Waals surface area contributed by atoms with Gasteiger partial charge in [0, 0.05) is 0 Å². The highest BCUT2D eigenvalue weighted by Crippen LogP contribution is 2.31. The van der Waals surface area contributed by atoms with Crippen molar-refractivity contribution in [3.8, 4) is 0 Å². The Balaban J connectivity index is 1.87. The van der Waals surface area contributed by atoms with Crippen molar-refractivity contribution >= 4 is 0 Å². The van der Waals surface area contributed by atoms with E-state index in [-0.39, 0.29) is 0 Å². The molecule has 1 aromatic carbocycles. The molecule has 0 amide bonds. The molecule has 0 unspecified atom stereocenters. The number of nitrogens with zero attached hydrogens (tertiary/aromatic N) is 2. The quantitative estimate of drug-likeness (QED) is 0.789. The first-order valence-corrected chi connectivity index (χ1v) is 9.33. The summed E-state index contributed by atoms with van der Waals surface area (Å²) in [5.74, 6) is 0.614. The van der Waals surface area contributed by atoms with Crippen molar-refractivity contribution in [2.24, 2.45) is 0 Å². The summed E-state index contributed by atoms with van der Waals surface area (Å²) in [6, 6.07) is 9.39. The van der Waals surface area contributed by atoms with E-state index >= 15 is 0 Å². The second-order valence-electron chi connectivity index (χ2n) is 7.39. The van der Waals surface area contributed by atoms with E-state index in [4.69, 9.17) is 0 Å². The second-order valence-corrected chi connectivity index (χ2v) is 7.39. The maximum absolute atomic E-state index is 2.74. The lowest BCUT2D eigenvalue weighted by molar-refractivity contribution is 0.0156. The number of benzene rings is 1. The third-order valence-electron chi connectivity index (χ3n) is 5.35. The predicted molar refractivity (Wildman–Crippen MR) is 94.1 cm³/mol. The van der Waals surface area contributed by atoms with Crippen molar-refractivity contribution in [2.75, 3.05) is 26.2 Å². The maximum Gasteiger partial charge on any atom is 0.0886 e. The average Bonchev–Trinajstić information content (AvgIpc) is 2.57. The molecule has 0 radical (unpaired) electrons. The van der Waals surface area contributed by atoms with Gasteiger partial charge in [-0.25, -0.2) is 0 Å². The fraction of sp³-hybridized carbons (Fsp3) is 0.700. The summed E-state index contributed by atoms with van der Waals surface area (Å²) in [4.78, 5) is 5.49. The Morgan fingerprint density at radius 3 is 1.73 bits per heavy atom. The van der Waals surface area contributed by atoms with Gasteiger partial charge in [0.2, 0.25) is 0 Å². The summed E-state index contributed by atoms with van der Waals surface area (Å²) in [7, 11) is 0. The summed E-state index contributed by atoms with van der Waals surface area (Å²) in [6.45, 7) is 9.69. The topological polar surface area (TPSA) is 6.48 Å². The second kappa shape index (κ2) is 7.61. The van der Waals surface area contributed by atoms with E-state index in [1.54, 1.807) is 0 Å². The third-order valence-corrected chi connectivity index (χ3v) is 5.35. The first kappa shape index (κ1) is 16.0. The van der Waals surface area contributed by atoms with Crippen LogP contribution in [-0.2, 0) is 0 Å². The molecule has 1 aromatic rings. The Labute approximate surface area is 136 Å². The lowest BCUT2D eigenvalue weighted by Gasteiger charge is -2.43. The molecule has 2 saturated heterocycles. The van der Waals surface area contributed by atoms with Crippen LogP contribution in [0.2, 0.25) is 0 Å². The highest BCUT2D eigenvalue weighted by Gasteiger charge is 2.29. The maximum atomic E-state index is 2.74. The van der Waals surface area contributed by atoms with E-state index in [2.05, 4.69) is 47.9 Å². The van der Waals surface area contributed by atoms with Gasteiger partial charge in [0.05, 0.1) is 6.17 Å². The SMILES string of the molecule is CC(C)c1cccc(C(N2CCCCC2)N2CCCCC2)c1. The molecule has 122 valence electrons. The molecular formula is C20H32N2. The van der Waals surface area contributed by atoms with Crippen LogP contribution in [0, 0.1) is 0 Å². The van der Waals surface area contributed by atoms with Crippen LogP contribution in [0.25, 0.3) is 0 Å². The first-order chi connectivity index (χ1) is 10.8. The smallest absolute Gasteiger partial charge is 0.0886 e. The van der Waals surface area contributed by atoms with Crippen LogP contribution in [-0.4, -0.2) is 36.0 Å². The Morgan fingerprint density at radius 2 is 1.23 bits per heavy atom. The zero-order valence-electron chi connectivity index (χ0n) is 14.4. The van der Waals surface area contributed by atoms with Gasteiger partial charge in [0.15, 0.2) is 0 Å². The number of likely N-dealkylation sites (tertiary alicyclic amines) is 2. The van der Waals surface area contributed by atoms with Crippen molar-refractivity contribution in [3.63, 3.8) is 0 Å². The Hall–Kier alpha value is -0.860. The molecule has 0 saturated carbocycles. The standard InChI is InChI=1S/C20H32N2/c1-17(2)18-10-9-11-19(16-18)20(21-12-5-3-6-13-21)22-14-7-4-8-15-22/h9-11,16-17,20H,3-8,12-15H2,1-2H3. The zero-order valence-corrected chi connectivity index (χ0v) is 14.4. The number of hydrogen-bond acceptors (Lipinski definition) is 2. The number of hydrogen-bond donors (Lipinski definition) is 0. The molecule has 0 bridgehead atoms. The molecule has 22 heavy (non-hydrogen) atoms. The fourth-order valence-electron chi connectivity index (χ4n) is 4.06. The molecule has 2 nitrogen and oxygen atoms in total. The van der Waals surface area contributed by atoms with Crippen LogP contribution >= 0.6 is 0 Å². The van der Waals surface area contributed by atoms with Gasteiger partial charge < -0.3 is 0 Å². The molecule has 2 fully saturated rings. The Kier molecular flexibility index (Phi) is 5.54. The lowest BCUT2D eigenvalue weighted by atomic mass is 9.97. The molecule has 2 aliphatic rings. The van der Waals surface area contributed by atoms with Gasteiger partial charge in [-0.15, -0.1) is 0 Å². The molecule has 0 aliphatic carbocycles. The normalized spacial score (nSPS) is 21.6. The molecule has 0 spiro atoms. The lowest BCUT2D eigenvalue weighted by Crippen LogP contribution is -2.45. The van der Waals surface area contributed by atoms with Crippen LogP contribution in [0.3, 0.4) is 0 Å². The molecule has 0 N–H and O–H groups in total. The van der Waals surface area contributed by atoms with E-state index in [1.165, 1.54) is 75.8 Å². The van der Waals surface area contributed by atoms with Crippen molar-refractivity contribution in [3.05, 3.63) is 35.4 Å². The molecule has 0 atom stereocenters. The van der Waals surface area contributed by atoms with E-state index in [0.717, 1.165) is 0 Å². The Bertz CT molecular complexity index is 439. The van der Waals surface area contributed by atoms with Gasteiger partial charge in [0.25, 0.3) is 0 Å². The zero-order chi connectivity index (χ0) is 15.4. The van der Waals surface area contributed by atoms with Gasteiger partial charge in [0.1, 0.15) is 0 Å². The average molecular weight is 300 g/mol. The molecule has 2 heterocycles. The predicted octanol–water partition coefficient (Wildman–Crippen LogP) is 4.78. The highest BCUT2D eigenvalue weighted by molar-refractivity contribution is 5.28. The number of rotatable bonds is 4. The molecular weight excluding hydrogens is 268 g/mol. The van der Waals surface area contributed by atoms with E-state index < -0.39 is 0 Å². The molecule has 2 aliphatic heterocycles. The highest BCUT2D eigenvalue weighted by atomic mass is 15.4. The van der Waals surface area contributed by atoms with Crippen LogP contribution in [0.15, 0.2) is 24.3 Å². The molecule has 0 aromatic heterocycles. The van der Waals surface area contributed by atoms with Gasteiger partial charge in [-0.2, -0.15) is 0 Å². The summed E-state index contributed by atoms with van der Waals surface area (Å²) >= 11 is 0. The van der Waals surface area contributed by atoms with Gasteiger partial charge in [-0.1, -0.05) is 51.0 Å². The summed E-state index contributed by atoms with van der Waals surface area (Å²) in [5, 5.41) is 0. The summed E-state index contributed by atoms with van der Waals surface area (Å²) in [5.41, 5.74) is 3.01. The minimum absolute atomic E-state index is 0.513. The van der Waals surface area contributed by atoms with Crippen molar-refractivity contribution in [1.82, 2.24) is 9.80 Å². The van der Waals surface area contributed by atoms with E-state index in [9.17, 15) is 0 Å². The third kappa shape index (κ3) is 3.72. The molecule has 3 rings (SSSR count). The van der Waals surface area contributed by atoms with Gasteiger partial charge in [-0.3, -0.25) is 9.80 Å². The van der Waals surface area contributed by atoms with Crippen molar-refractivity contribution in [2.45, 2.75) is 64.5 Å².